The van der Waals surface area contributed by atoms with Gasteiger partial charge in [-0.3, -0.25) is 9.97 Å². The average molecular weight is 617 g/mol. The molecule has 2 aliphatic rings. The molecular weight excluding hydrogens is 581 g/mol. The summed E-state index contributed by atoms with van der Waals surface area (Å²) in [5.74, 6) is 0. The Balaban J connectivity index is 1.12. The number of hydrogen-bond donors (Lipinski definition) is 0. The molecule has 2 heterocycles. The molecule has 0 unspecified atom stereocenters. The molecule has 48 heavy (non-hydrogen) atoms. The Hall–Kier alpha value is -5.60. The number of nitrogens with zero attached hydrogens (tertiary/aromatic N) is 2. The van der Waals surface area contributed by atoms with E-state index in [-0.39, 0.29) is 10.8 Å². The van der Waals surface area contributed by atoms with Crippen molar-refractivity contribution in [3.05, 3.63) is 168 Å². The van der Waals surface area contributed by atoms with Crippen LogP contribution in [-0.4, -0.2) is 9.97 Å². The maximum absolute atomic E-state index is 4.68. The molecule has 2 aromatic heterocycles. The van der Waals surface area contributed by atoms with Gasteiger partial charge in [-0.05, 0) is 127 Å². The molecule has 0 atom stereocenters. The van der Waals surface area contributed by atoms with Crippen LogP contribution >= 0.6 is 0 Å². The second-order valence-corrected chi connectivity index (χ2v) is 14.3. The number of rotatable bonds is 4. The van der Waals surface area contributed by atoms with E-state index in [4.69, 9.17) is 0 Å². The van der Waals surface area contributed by atoms with Crippen molar-refractivity contribution in [3.63, 3.8) is 0 Å². The third-order valence-electron chi connectivity index (χ3n) is 10.8. The van der Waals surface area contributed by atoms with Gasteiger partial charge in [-0.2, -0.15) is 0 Å². The standard InChI is InChI=1S/C46H36N2/c1-45(2)39-12-6-5-11-35(39)36-18-15-29(26-40(36)45)30-16-19-37-38-20-17-31(28-42(38)46(3,4)41(37)27-30)32-23-33(43-13-7-9-21-47-43)25-34(24-32)44-14-8-10-22-48-44/h5-28H,1-4H3. The highest BCUT2D eigenvalue weighted by Gasteiger charge is 2.37. The summed E-state index contributed by atoms with van der Waals surface area (Å²) in [7, 11) is 0. The van der Waals surface area contributed by atoms with Gasteiger partial charge in [-0.25, -0.2) is 0 Å². The number of aromatic nitrogens is 2. The molecule has 0 fully saturated rings. The first kappa shape index (κ1) is 28.6. The first-order valence-electron chi connectivity index (χ1n) is 16.8. The Bertz CT molecular complexity index is 2330. The lowest BCUT2D eigenvalue weighted by Crippen LogP contribution is -2.15. The second kappa shape index (κ2) is 10.5. The van der Waals surface area contributed by atoms with Gasteiger partial charge in [-0.1, -0.05) is 100 Å². The third kappa shape index (κ3) is 4.33. The minimum absolute atomic E-state index is 0.0190. The molecule has 5 aromatic carbocycles. The van der Waals surface area contributed by atoms with Crippen molar-refractivity contribution >= 4 is 0 Å². The van der Waals surface area contributed by atoms with Gasteiger partial charge >= 0.3 is 0 Å². The largest absolute Gasteiger partial charge is 0.256 e. The van der Waals surface area contributed by atoms with E-state index in [1.165, 1.54) is 61.2 Å². The van der Waals surface area contributed by atoms with Crippen LogP contribution in [0.15, 0.2) is 146 Å². The molecule has 0 amide bonds. The molecule has 0 bridgehead atoms. The second-order valence-electron chi connectivity index (χ2n) is 14.3. The number of benzene rings is 5. The quantitative estimate of drug-likeness (QED) is 0.197. The molecule has 9 rings (SSSR count). The van der Waals surface area contributed by atoms with E-state index in [0.29, 0.717) is 0 Å². The van der Waals surface area contributed by atoms with E-state index < -0.39 is 0 Å². The predicted molar refractivity (Wildman–Crippen MR) is 199 cm³/mol. The van der Waals surface area contributed by atoms with Gasteiger partial charge in [0.05, 0.1) is 11.4 Å². The molecule has 0 spiro atoms. The van der Waals surface area contributed by atoms with E-state index in [0.717, 1.165) is 28.1 Å². The van der Waals surface area contributed by atoms with Crippen molar-refractivity contribution in [2.24, 2.45) is 0 Å². The summed E-state index contributed by atoms with van der Waals surface area (Å²) in [6.45, 7) is 9.45. The van der Waals surface area contributed by atoms with Crippen LogP contribution in [-0.2, 0) is 10.8 Å². The van der Waals surface area contributed by atoms with Crippen LogP contribution in [0, 0.1) is 0 Å². The Morgan fingerprint density at radius 2 is 0.729 bits per heavy atom. The highest BCUT2D eigenvalue weighted by molar-refractivity contribution is 5.88. The Morgan fingerprint density at radius 1 is 0.333 bits per heavy atom. The van der Waals surface area contributed by atoms with Crippen LogP contribution < -0.4 is 0 Å². The van der Waals surface area contributed by atoms with Crippen LogP contribution in [0.4, 0.5) is 0 Å². The van der Waals surface area contributed by atoms with Gasteiger partial charge in [0.2, 0.25) is 0 Å². The fourth-order valence-corrected chi connectivity index (χ4v) is 8.14. The first-order valence-corrected chi connectivity index (χ1v) is 16.8. The lowest BCUT2D eigenvalue weighted by atomic mass is 9.80. The summed E-state index contributed by atoms with van der Waals surface area (Å²) in [5, 5.41) is 0. The van der Waals surface area contributed by atoms with Crippen molar-refractivity contribution in [1.29, 1.82) is 0 Å². The Labute approximate surface area is 282 Å². The van der Waals surface area contributed by atoms with Crippen LogP contribution in [0.3, 0.4) is 0 Å². The van der Waals surface area contributed by atoms with Crippen LogP contribution in [0.5, 0.6) is 0 Å². The van der Waals surface area contributed by atoms with Crippen molar-refractivity contribution in [1.82, 2.24) is 9.97 Å². The summed E-state index contributed by atoms with van der Waals surface area (Å²) in [6, 6.07) is 48.9. The summed E-state index contributed by atoms with van der Waals surface area (Å²) in [6.07, 6.45) is 3.71. The summed E-state index contributed by atoms with van der Waals surface area (Å²) in [4.78, 5) is 9.35. The van der Waals surface area contributed by atoms with Gasteiger partial charge in [0.1, 0.15) is 0 Å². The third-order valence-corrected chi connectivity index (χ3v) is 10.8. The number of pyridine rings is 2. The topological polar surface area (TPSA) is 25.8 Å². The Kier molecular flexibility index (Phi) is 6.23. The van der Waals surface area contributed by atoms with Gasteiger partial charge in [0.15, 0.2) is 0 Å². The molecule has 0 saturated heterocycles. The van der Waals surface area contributed by atoms with E-state index in [1.54, 1.807) is 0 Å². The zero-order valence-corrected chi connectivity index (χ0v) is 27.8. The molecule has 0 aliphatic heterocycles. The molecule has 7 aromatic rings. The van der Waals surface area contributed by atoms with Gasteiger partial charge < -0.3 is 0 Å². The fraction of sp³-hybridized carbons (Fsp3) is 0.130. The summed E-state index contributed by atoms with van der Waals surface area (Å²) >= 11 is 0. The first-order chi connectivity index (χ1) is 23.3. The molecule has 0 N–H and O–H groups in total. The molecule has 0 radical (unpaired) electrons. The Morgan fingerprint density at radius 3 is 1.21 bits per heavy atom. The maximum Gasteiger partial charge on any atom is 0.0702 e. The molecule has 2 nitrogen and oxygen atoms in total. The zero-order valence-electron chi connectivity index (χ0n) is 27.8. The zero-order chi connectivity index (χ0) is 32.6. The van der Waals surface area contributed by atoms with E-state index >= 15 is 0 Å². The molecular formula is C46H36N2. The van der Waals surface area contributed by atoms with Gasteiger partial charge in [0, 0.05) is 34.4 Å². The van der Waals surface area contributed by atoms with Crippen LogP contribution in [0.2, 0.25) is 0 Å². The fourth-order valence-electron chi connectivity index (χ4n) is 8.14. The molecule has 230 valence electrons. The highest BCUT2D eigenvalue weighted by Crippen LogP contribution is 2.52. The van der Waals surface area contributed by atoms with Crippen molar-refractivity contribution < 1.29 is 0 Å². The van der Waals surface area contributed by atoms with Gasteiger partial charge in [0.25, 0.3) is 0 Å². The number of fused-ring (bicyclic) bond motifs is 6. The minimum atomic E-state index is -0.147. The smallest absolute Gasteiger partial charge is 0.0702 e. The average Bonchev–Trinajstić information content (AvgIpc) is 3.50. The molecule has 2 aliphatic carbocycles. The predicted octanol–water partition coefficient (Wildman–Crippen LogP) is 11.8. The molecule has 0 saturated carbocycles. The monoisotopic (exact) mass is 616 g/mol. The van der Waals surface area contributed by atoms with E-state index in [2.05, 4.69) is 147 Å². The van der Waals surface area contributed by atoms with Crippen molar-refractivity contribution in [2.45, 2.75) is 38.5 Å². The van der Waals surface area contributed by atoms with Gasteiger partial charge in [-0.15, -0.1) is 0 Å². The summed E-state index contributed by atoms with van der Waals surface area (Å²) < 4.78 is 0. The van der Waals surface area contributed by atoms with Crippen molar-refractivity contribution in [2.75, 3.05) is 0 Å². The van der Waals surface area contributed by atoms with Crippen molar-refractivity contribution in [3.8, 4) is 67.0 Å². The minimum Gasteiger partial charge on any atom is -0.256 e. The molecule has 2 heteroatoms. The maximum atomic E-state index is 4.68. The van der Waals surface area contributed by atoms with Crippen LogP contribution in [0.1, 0.15) is 49.9 Å². The van der Waals surface area contributed by atoms with E-state index in [9.17, 15) is 0 Å². The SMILES string of the molecule is CC1(C)c2ccccc2-c2ccc(-c3ccc4c(c3)C(C)(C)c3cc(-c5cc(-c6ccccn6)cc(-c6ccccn6)c5)ccc3-4)cc21. The highest BCUT2D eigenvalue weighted by atomic mass is 14.7. The van der Waals surface area contributed by atoms with Crippen LogP contribution in [0.25, 0.3) is 67.0 Å². The lowest BCUT2D eigenvalue weighted by molar-refractivity contribution is 0.659. The lowest BCUT2D eigenvalue weighted by Gasteiger charge is -2.23. The summed E-state index contributed by atoms with van der Waals surface area (Å²) in [5.41, 5.74) is 19.8. The van der Waals surface area contributed by atoms with E-state index in [1.807, 2.05) is 36.7 Å². The normalized spacial score (nSPS) is 14.6. The number of hydrogen-bond acceptors (Lipinski definition) is 2.